The lowest BCUT2D eigenvalue weighted by atomic mass is 10.2. The van der Waals surface area contributed by atoms with Crippen molar-refractivity contribution in [1.29, 1.82) is 0 Å². The maximum atomic E-state index is 12.6. The van der Waals surface area contributed by atoms with Crippen molar-refractivity contribution in [3.63, 3.8) is 0 Å². The second-order valence-corrected chi connectivity index (χ2v) is 2.51. The fraction of sp³-hybridized carbons (Fsp3) is 1.00. The molecule has 0 aromatic rings. The highest BCUT2D eigenvalue weighted by Crippen LogP contribution is 2.18. The summed E-state index contributed by atoms with van der Waals surface area (Å²) in [5, 5.41) is 10.7. The lowest BCUT2D eigenvalue weighted by molar-refractivity contribution is -0.00750. The van der Waals surface area contributed by atoms with Gasteiger partial charge in [0.2, 0.25) is 0 Å². The molecule has 68 valence electrons. The Morgan fingerprint density at radius 1 is 1.45 bits per heavy atom. The van der Waals surface area contributed by atoms with Crippen molar-refractivity contribution in [1.82, 2.24) is 5.32 Å². The van der Waals surface area contributed by atoms with Gasteiger partial charge < -0.3 is 10.4 Å². The van der Waals surface area contributed by atoms with Crippen molar-refractivity contribution in [3.8, 4) is 0 Å². The smallest absolute Gasteiger partial charge is 0.260 e. The third-order valence-corrected chi connectivity index (χ3v) is 1.29. The van der Waals surface area contributed by atoms with Crippen LogP contribution in [0.5, 0.6) is 0 Å². The first-order valence-electron chi connectivity index (χ1n) is 3.82. The van der Waals surface area contributed by atoms with Gasteiger partial charge in [-0.25, -0.2) is 8.78 Å². The molecule has 2 N–H and O–H groups in total. The highest BCUT2D eigenvalue weighted by molar-refractivity contribution is 4.67. The number of alkyl halides is 2. The van der Waals surface area contributed by atoms with E-state index in [9.17, 15) is 8.78 Å². The second kappa shape index (κ2) is 5.43. The SMILES string of the molecule is CCCC(F)(F)CNCCO. The first kappa shape index (κ1) is 10.8. The zero-order chi connectivity index (χ0) is 8.74. The van der Waals surface area contributed by atoms with Crippen LogP contribution in [0.25, 0.3) is 0 Å². The lowest BCUT2D eigenvalue weighted by Gasteiger charge is -2.15. The van der Waals surface area contributed by atoms with E-state index >= 15 is 0 Å². The standard InChI is InChI=1S/C7H15F2NO/c1-2-3-7(8,9)6-10-4-5-11/h10-11H,2-6H2,1H3. The molecule has 0 rings (SSSR count). The quantitative estimate of drug-likeness (QED) is 0.578. The van der Waals surface area contributed by atoms with E-state index in [2.05, 4.69) is 5.32 Å². The molecule has 0 spiro atoms. The van der Waals surface area contributed by atoms with Crippen LogP contribution in [0, 0.1) is 0 Å². The van der Waals surface area contributed by atoms with Crippen LogP contribution in [-0.4, -0.2) is 30.7 Å². The Balaban J connectivity index is 3.38. The lowest BCUT2D eigenvalue weighted by Crippen LogP contribution is -2.34. The van der Waals surface area contributed by atoms with Gasteiger partial charge in [0.15, 0.2) is 0 Å². The predicted molar refractivity (Wildman–Crippen MR) is 39.8 cm³/mol. The van der Waals surface area contributed by atoms with Gasteiger partial charge >= 0.3 is 0 Å². The molecule has 0 aliphatic rings. The highest BCUT2D eigenvalue weighted by atomic mass is 19.3. The summed E-state index contributed by atoms with van der Waals surface area (Å²) >= 11 is 0. The molecule has 0 aromatic carbocycles. The molecule has 0 heterocycles. The summed E-state index contributed by atoms with van der Waals surface area (Å²) < 4.78 is 25.2. The number of halogens is 2. The fourth-order valence-corrected chi connectivity index (χ4v) is 0.804. The summed E-state index contributed by atoms with van der Waals surface area (Å²) in [6, 6.07) is 0. The summed E-state index contributed by atoms with van der Waals surface area (Å²) in [6.45, 7) is 1.53. The van der Waals surface area contributed by atoms with Gasteiger partial charge in [0.1, 0.15) is 0 Å². The number of aliphatic hydroxyl groups excluding tert-OH is 1. The minimum Gasteiger partial charge on any atom is -0.395 e. The Labute approximate surface area is 65.6 Å². The molecule has 0 unspecified atom stereocenters. The van der Waals surface area contributed by atoms with Crippen LogP contribution in [0.2, 0.25) is 0 Å². The molecule has 0 saturated carbocycles. The fourth-order valence-electron chi connectivity index (χ4n) is 0.804. The topological polar surface area (TPSA) is 32.3 Å². The normalized spacial score (nSPS) is 12.0. The van der Waals surface area contributed by atoms with Crippen LogP contribution in [0.1, 0.15) is 19.8 Å². The molecule has 0 bridgehead atoms. The molecule has 0 atom stereocenters. The molecule has 11 heavy (non-hydrogen) atoms. The molecular formula is C7H15F2NO. The average Bonchev–Trinajstić information content (AvgIpc) is 1.87. The molecule has 0 radical (unpaired) electrons. The molecule has 0 amide bonds. The summed E-state index contributed by atoms with van der Waals surface area (Å²) in [5.74, 6) is -2.62. The Morgan fingerprint density at radius 3 is 2.55 bits per heavy atom. The summed E-state index contributed by atoms with van der Waals surface area (Å²) in [4.78, 5) is 0. The Morgan fingerprint density at radius 2 is 2.09 bits per heavy atom. The first-order valence-corrected chi connectivity index (χ1v) is 3.82. The van der Waals surface area contributed by atoms with Crippen molar-refractivity contribution in [3.05, 3.63) is 0 Å². The van der Waals surface area contributed by atoms with E-state index in [-0.39, 0.29) is 26.1 Å². The van der Waals surface area contributed by atoms with Crippen LogP contribution >= 0.6 is 0 Å². The zero-order valence-corrected chi connectivity index (χ0v) is 6.74. The molecule has 2 nitrogen and oxygen atoms in total. The Hall–Kier alpha value is -0.220. The van der Waals surface area contributed by atoms with Gasteiger partial charge in [-0.15, -0.1) is 0 Å². The van der Waals surface area contributed by atoms with Gasteiger partial charge in [0.05, 0.1) is 13.2 Å². The minimum atomic E-state index is -2.62. The largest absolute Gasteiger partial charge is 0.395 e. The maximum Gasteiger partial charge on any atom is 0.260 e. The van der Waals surface area contributed by atoms with Crippen LogP contribution in [0.3, 0.4) is 0 Å². The number of rotatable bonds is 6. The maximum absolute atomic E-state index is 12.6. The number of aliphatic hydroxyl groups is 1. The number of nitrogens with one attached hydrogen (secondary N) is 1. The third kappa shape index (κ3) is 6.19. The summed E-state index contributed by atoms with van der Waals surface area (Å²) in [7, 11) is 0. The minimum absolute atomic E-state index is 0.0918. The second-order valence-electron chi connectivity index (χ2n) is 2.51. The third-order valence-electron chi connectivity index (χ3n) is 1.29. The van der Waals surface area contributed by atoms with E-state index in [1.54, 1.807) is 6.92 Å². The van der Waals surface area contributed by atoms with E-state index in [0.29, 0.717) is 6.42 Å². The van der Waals surface area contributed by atoms with E-state index in [4.69, 9.17) is 5.11 Å². The monoisotopic (exact) mass is 167 g/mol. The average molecular weight is 167 g/mol. The molecule has 0 saturated heterocycles. The predicted octanol–water partition coefficient (Wildman–Crippen LogP) is 1.00. The summed E-state index contributed by atoms with van der Waals surface area (Å²) in [6.07, 6.45) is 0.388. The van der Waals surface area contributed by atoms with E-state index in [0.717, 1.165) is 0 Å². The van der Waals surface area contributed by atoms with Crippen molar-refractivity contribution >= 4 is 0 Å². The zero-order valence-electron chi connectivity index (χ0n) is 6.74. The van der Waals surface area contributed by atoms with E-state index in [1.807, 2.05) is 0 Å². The molecule has 4 heteroatoms. The first-order chi connectivity index (χ1) is 5.12. The van der Waals surface area contributed by atoms with Gasteiger partial charge in [-0.3, -0.25) is 0 Å². The van der Waals surface area contributed by atoms with Gasteiger partial charge in [-0.2, -0.15) is 0 Å². The molecule has 0 aliphatic carbocycles. The highest BCUT2D eigenvalue weighted by Gasteiger charge is 2.26. The van der Waals surface area contributed by atoms with Gasteiger partial charge in [0.25, 0.3) is 5.92 Å². The van der Waals surface area contributed by atoms with E-state index < -0.39 is 5.92 Å². The van der Waals surface area contributed by atoms with Crippen LogP contribution < -0.4 is 5.32 Å². The summed E-state index contributed by atoms with van der Waals surface area (Å²) in [5.41, 5.74) is 0. The van der Waals surface area contributed by atoms with Crippen LogP contribution in [0.4, 0.5) is 8.78 Å². The van der Waals surface area contributed by atoms with Crippen molar-refractivity contribution in [2.45, 2.75) is 25.7 Å². The van der Waals surface area contributed by atoms with Crippen molar-refractivity contribution < 1.29 is 13.9 Å². The molecule has 0 aromatic heterocycles. The van der Waals surface area contributed by atoms with Gasteiger partial charge in [-0.1, -0.05) is 13.3 Å². The van der Waals surface area contributed by atoms with Gasteiger partial charge in [0, 0.05) is 13.0 Å². The van der Waals surface area contributed by atoms with Crippen molar-refractivity contribution in [2.75, 3.05) is 19.7 Å². The molecule has 0 aliphatic heterocycles. The Bertz CT molecular complexity index is 98.4. The number of hydrogen-bond acceptors (Lipinski definition) is 2. The van der Waals surface area contributed by atoms with Crippen LogP contribution in [-0.2, 0) is 0 Å². The molecule has 0 fully saturated rings. The van der Waals surface area contributed by atoms with Crippen LogP contribution in [0.15, 0.2) is 0 Å². The van der Waals surface area contributed by atoms with Crippen molar-refractivity contribution in [2.24, 2.45) is 0 Å². The number of hydrogen-bond donors (Lipinski definition) is 2. The van der Waals surface area contributed by atoms with Gasteiger partial charge in [-0.05, 0) is 0 Å². The Kier molecular flexibility index (Phi) is 5.32. The van der Waals surface area contributed by atoms with E-state index in [1.165, 1.54) is 0 Å². The molecular weight excluding hydrogens is 152 g/mol.